The van der Waals surface area contributed by atoms with Gasteiger partial charge in [0.05, 0.1) is 4.47 Å². The predicted molar refractivity (Wildman–Crippen MR) is 92.0 cm³/mol. The third-order valence-electron chi connectivity index (χ3n) is 3.43. The van der Waals surface area contributed by atoms with Crippen molar-refractivity contribution in [2.24, 2.45) is 0 Å². The van der Waals surface area contributed by atoms with Gasteiger partial charge in [0, 0.05) is 5.33 Å². The smallest absolute Gasteiger partial charge is 0.141 e. The van der Waals surface area contributed by atoms with Gasteiger partial charge < -0.3 is 4.74 Å². The van der Waals surface area contributed by atoms with Crippen LogP contribution in [0, 0.1) is 0 Å². The first-order valence-corrected chi connectivity index (χ1v) is 8.68. The first-order chi connectivity index (χ1) is 9.65. The van der Waals surface area contributed by atoms with Crippen molar-refractivity contribution in [2.75, 3.05) is 0 Å². The Labute approximate surface area is 137 Å². The lowest BCUT2D eigenvalue weighted by molar-refractivity contribution is 0.467. The summed E-state index contributed by atoms with van der Waals surface area (Å²) in [5, 5.41) is 0.843. The van der Waals surface area contributed by atoms with Gasteiger partial charge in [-0.05, 0) is 57.6 Å². The molecule has 0 spiro atoms. The second kappa shape index (κ2) is 7.28. The third-order valence-corrected chi connectivity index (χ3v) is 4.70. The fourth-order valence-corrected chi connectivity index (χ4v) is 2.89. The highest BCUT2D eigenvalue weighted by Crippen LogP contribution is 2.35. The van der Waals surface area contributed by atoms with Gasteiger partial charge >= 0.3 is 0 Å². The van der Waals surface area contributed by atoms with Crippen LogP contribution in [0.25, 0.3) is 0 Å². The minimum absolute atomic E-state index is 0.492. The summed E-state index contributed by atoms with van der Waals surface area (Å²) in [5.41, 5.74) is 2.48. The second-order valence-corrected chi connectivity index (χ2v) is 6.26. The lowest BCUT2D eigenvalue weighted by atomic mass is 9.98. The lowest BCUT2D eigenvalue weighted by Crippen LogP contribution is -1.96. The van der Waals surface area contributed by atoms with Crippen molar-refractivity contribution in [3.63, 3.8) is 0 Å². The normalized spacial score (nSPS) is 12.2. The number of ether oxygens (including phenoxy) is 1. The Hall–Kier alpha value is -0.800. The van der Waals surface area contributed by atoms with Crippen LogP contribution in [0.15, 0.2) is 46.9 Å². The quantitative estimate of drug-likeness (QED) is 0.513. The fourth-order valence-electron chi connectivity index (χ4n) is 2.03. The number of halogens is 2. The summed E-state index contributed by atoms with van der Waals surface area (Å²) in [5.74, 6) is 2.28. The van der Waals surface area contributed by atoms with E-state index in [1.54, 1.807) is 0 Å². The highest BCUT2D eigenvalue weighted by molar-refractivity contribution is 9.10. The molecule has 0 fully saturated rings. The molecule has 0 aliphatic carbocycles. The Kier molecular flexibility index (Phi) is 5.67. The van der Waals surface area contributed by atoms with Crippen LogP contribution in [0.3, 0.4) is 0 Å². The van der Waals surface area contributed by atoms with E-state index >= 15 is 0 Å². The van der Waals surface area contributed by atoms with Crippen molar-refractivity contribution in [3.8, 4) is 11.5 Å². The third kappa shape index (κ3) is 3.64. The first kappa shape index (κ1) is 15.6. The molecule has 0 radical (unpaired) electrons. The van der Waals surface area contributed by atoms with Crippen molar-refractivity contribution in [2.45, 2.75) is 31.5 Å². The summed E-state index contributed by atoms with van der Waals surface area (Å²) in [6.45, 7) is 4.42. The van der Waals surface area contributed by atoms with Gasteiger partial charge in [-0.2, -0.15) is 0 Å². The topological polar surface area (TPSA) is 9.23 Å². The predicted octanol–water partition coefficient (Wildman–Crippen LogP) is 6.65. The van der Waals surface area contributed by atoms with Crippen LogP contribution < -0.4 is 4.74 Å². The molecule has 1 nitrogen and oxygen atoms in total. The molecule has 1 unspecified atom stereocenters. The zero-order valence-corrected chi connectivity index (χ0v) is 14.9. The van der Waals surface area contributed by atoms with E-state index in [1.807, 2.05) is 18.2 Å². The van der Waals surface area contributed by atoms with Crippen LogP contribution in [0.4, 0.5) is 0 Å². The van der Waals surface area contributed by atoms with Crippen molar-refractivity contribution >= 4 is 31.9 Å². The lowest BCUT2D eigenvalue weighted by Gasteiger charge is -2.16. The molecule has 0 saturated carbocycles. The molecule has 3 heteroatoms. The van der Waals surface area contributed by atoms with Gasteiger partial charge in [0.2, 0.25) is 0 Å². The Morgan fingerprint density at radius 1 is 1.10 bits per heavy atom. The van der Waals surface area contributed by atoms with Crippen LogP contribution >= 0.6 is 31.9 Å². The summed E-state index contributed by atoms with van der Waals surface area (Å²) in [6.07, 6.45) is 1.10. The Balaban J connectivity index is 2.30. The summed E-state index contributed by atoms with van der Waals surface area (Å²) < 4.78 is 7.08. The first-order valence-electron chi connectivity index (χ1n) is 6.76. The zero-order chi connectivity index (χ0) is 14.5. The van der Waals surface area contributed by atoms with E-state index in [0.717, 1.165) is 27.7 Å². The molecule has 2 aromatic rings. The minimum atomic E-state index is 0.492. The number of rotatable bonds is 5. The van der Waals surface area contributed by atoms with Crippen LogP contribution in [-0.2, 0) is 5.33 Å². The molecule has 0 N–H and O–H groups in total. The van der Waals surface area contributed by atoms with E-state index in [1.165, 1.54) is 11.1 Å². The van der Waals surface area contributed by atoms with Crippen molar-refractivity contribution in [1.29, 1.82) is 0 Å². The molecule has 0 amide bonds. The molecule has 0 bridgehead atoms. The largest absolute Gasteiger partial charge is 0.456 e. The van der Waals surface area contributed by atoms with Crippen molar-refractivity contribution < 1.29 is 4.74 Å². The van der Waals surface area contributed by atoms with Crippen LogP contribution in [0.1, 0.15) is 37.3 Å². The molecule has 0 heterocycles. The molecule has 20 heavy (non-hydrogen) atoms. The molecular weight excluding hydrogens is 380 g/mol. The second-order valence-electron chi connectivity index (χ2n) is 4.85. The molecule has 2 rings (SSSR count). The van der Waals surface area contributed by atoms with Gasteiger partial charge in [0.15, 0.2) is 0 Å². The average Bonchev–Trinajstić information content (AvgIpc) is 2.49. The van der Waals surface area contributed by atoms with E-state index in [9.17, 15) is 0 Å². The summed E-state index contributed by atoms with van der Waals surface area (Å²) in [7, 11) is 0. The monoisotopic (exact) mass is 396 g/mol. The van der Waals surface area contributed by atoms with Gasteiger partial charge in [-0.1, -0.05) is 54.0 Å². The molecule has 0 aromatic heterocycles. The fraction of sp³-hybridized carbons (Fsp3) is 0.294. The van der Waals surface area contributed by atoms with Gasteiger partial charge in [0.1, 0.15) is 11.5 Å². The molecule has 2 aromatic carbocycles. The summed E-state index contributed by atoms with van der Waals surface area (Å²) in [6, 6.07) is 14.4. The van der Waals surface area contributed by atoms with Crippen molar-refractivity contribution in [3.05, 3.63) is 58.1 Å². The van der Waals surface area contributed by atoms with E-state index < -0.39 is 0 Å². The van der Waals surface area contributed by atoms with Crippen LogP contribution in [0.2, 0.25) is 0 Å². The Morgan fingerprint density at radius 3 is 2.50 bits per heavy atom. The molecule has 1 atom stereocenters. The van der Waals surface area contributed by atoms with E-state index in [0.29, 0.717) is 5.92 Å². The molecule has 0 aliphatic heterocycles. The van der Waals surface area contributed by atoms with Gasteiger partial charge in [-0.25, -0.2) is 0 Å². The van der Waals surface area contributed by atoms with E-state index in [-0.39, 0.29) is 0 Å². The van der Waals surface area contributed by atoms with Gasteiger partial charge in [-0.3, -0.25) is 0 Å². The van der Waals surface area contributed by atoms with E-state index in [4.69, 9.17) is 4.74 Å². The SMILES string of the molecule is CCC(C)c1ccccc1Oc1ccc(CBr)cc1Br. The molecule has 106 valence electrons. The number of benzene rings is 2. The summed E-state index contributed by atoms with van der Waals surface area (Å²) >= 11 is 7.04. The number of hydrogen-bond acceptors (Lipinski definition) is 1. The van der Waals surface area contributed by atoms with Crippen molar-refractivity contribution in [1.82, 2.24) is 0 Å². The van der Waals surface area contributed by atoms with Gasteiger partial charge in [-0.15, -0.1) is 0 Å². The van der Waals surface area contributed by atoms with E-state index in [2.05, 4.69) is 70.0 Å². The number of para-hydroxylation sites is 1. The maximum absolute atomic E-state index is 6.10. The van der Waals surface area contributed by atoms with Gasteiger partial charge in [0.25, 0.3) is 0 Å². The number of hydrogen-bond donors (Lipinski definition) is 0. The zero-order valence-electron chi connectivity index (χ0n) is 11.7. The number of alkyl halides is 1. The molecule has 0 aliphatic rings. The highest BCUT2D eigenvalue weighted by atomic mass is 79.9. The standard InChI is InChI=1S/C17H18Br2O/c1-3-12(2)14-6-4-5-7-16(14)20-17-9-8-13(11-18)10-15(17)19/h4-10,12H,3,11H2,1-2H3. The maximum Gasteiger partial charge on any atom is 0.141 e. The average molecular weight is 398 g/mol. The van der Waals surface area contributed by atoms with Crippen LogP contribution in [0.5, 0.6) is 11.5 Å². The van der Waals surface area contributed by atoms with Crippen LogP contribution in [-0.4, -0.2) is 0 Å². The maximum atomic E-state index is 6.10. The highest BCUT2D eigenvalue weighted by Gasteiger charge is 2.11. The molecular formula is C17H18Br2O. The Bertz CT molecular complexity index is 581. The summed E-state index contributed by atoms with van der Waals surface area (Å²) in [4.78, 5) is 0. The minimum Gasteiger partial charge on any atom is -0.456 e. The Morgan fingerprint density at radius 2 is 1.85 bits per heavy atom. The molecule has 0 saturated heterocycles.